The molecule has 1 aromatic rings. The molecule has 1 aromatic carbocycles. The zero-order valence-corrected chi connectivity index (χ0v) is 15.1. The van der Waals surface area contributed by atoms with E-state index in [-0.39, 0.29) is 30.0 Å². The summed E-state index contributed by atoms with van der Waals surface area (Å²) in [6.07, 6.45) is 3.00. The van der Waals surface area contributed by atoms with E-state index in [9.17, 15) is 18.0 Å². The summed E-state index contributed by atoms with van der Waals surface area (Å²) in [5, 5.41) is 11.9. The van der Waals surface area contributed by atoms with E-state index in [4.69, 9.17) is 9.84 Å². The van der Waals surface area contributed by atoms with Gasteiger partial charge in [0.05, 0.1) is 10.8 Å². The maximum atomic E-state index is 12.7. The van der Waals surface area contributed by atoms with Gasteiger partial charge in [0.25, 0.3) is 5.91 Å². The molecule has 2 N–H and O–H groups in total. The van der Waals surface area contributed by atoms with Crippen LogP contribution in [0.5, 0.6) is 5.75 Å². The third-order valence-corrected chi connectivity index (χ3v) is 6.39. The number of carbonyl (C=O) groups excluding carboxylic acids is 1. The number of aliphatic carboxylic acids is 1. The minimum Gasteiger partial charge on any atom is -0.484 e. The first kappa shape index (κ1) is 18.7. The molecule has 1 aliphatic carbocycles. The molecular weight excluding hydrogens is 360 g/mol. The van der Waals surface area contributed by atoms with Crippen molar-refractivity contribution in [3.05, 3.63) is 24.3 Å². The molecule has 1 aliphatic heterocycles. The molecule has 0 bridgehead atoms. The Kier molecular flexibility index (Phi) is 5.47. The molecule has 0 aromatic heterocycles. The van der Waals surface area contributed by atoms with E-state index in [0.29, 0.717) is 25.1 Å². The van der Waals surface area contributed by atoms with Crippen LogP contribution in [-0.2, 0) is 19.6 Å². The summed E-state index contributed by atoms with van der Waals surface area (Å²) >= 11 is 0. The van der Waals surface area contributed by atoms with Gasteiger partial charge in [0, 0.05) is 19.1 Å². The lowest BCUT2D eigenvalue weighted by atomic mass is 10.0. The highest BCUT2D eigenvalue weighted by atomic mass is 32.2. The molecule has 2 aliphatic rings. The maximum absolute atomic E-state index is 12.7. The van der Waals surface area contributed by atoms with Crippen LogP contribution in [0.3, 0.4) is 0 Å². The van der Waals surface area contributed by atoms with Gasteiger partial charge >= 0.3 is 5.97 Å². The number of carboxylic acid groups (broad SMARTS) is 1. The number of sulfonamides is 1. The van der Waals surface area contributed by atoms with Gasteiger partial charge in [-0.25, -0.2) is 8.42 Å². The van der Waals surface area contributed by atoms with E-state index in [1.165, 1.54) is 28.6 Å². The summed E-state index contributed by atoms with van der Waals surface area (Å²) in [5.74, 6) is -1.45. The van der Waals surface area contributed by atoms with Crippen LogP contribution in [0.1, 0.15) is 25.7 Å². The summed E-state index contributed by atoms with van der Waals surface area (Å²) in [7, 11) is -3.75. The lowest BCUT2D eigenvalue weighted by Crippen LogP contribution is -2.42. The third-order valence-electron chi connectivity index (χ3n) is 4.51. The predicted octanol–water partition coefficient (Wildman–Crippen LogP) is 0.829. The Morgan fingerprint density at radius 2 is 1.88 bits per heavy atom. The Balaban J connectivity index is 1.61. The molecule has 26 heavy (non-hydrogen) atoms. The highest BCUT2D eigenvalue weighted by Gasteiger charge is 2.33. The predicted molar refractivity (Wildman–Crippen MR) is 92.2 cm³/mol. The van der Waals surface area contributed by atoms with Crippen molar-refractivity contribution in [2.24, 2.45) is 5.92 Å². The molecule has 1 atom stereocenters. The number of amides is 1. The molecular formula is C17H22N2O6S. The standard InChI is InChI=1S/C17H22N2O6S/c20-16(18-13-3-4-13)11-25-14-5-7-15(8-6-14)26(23,24)19-9-1-2-12(10-19)17(21)22/h5-8,12-13H,1-4,9-11H2,(H,18,20)(H,21,22). The average molecular weight is 382 g/mol. The van der Waals surface area contributed by atoms with Gasteiger partial charge in [-0.1, -0.05) is 0 Å². The number of nitrogens with one attached hydrogen (secondary N) is 1. The van der Waals surface area contributed by atoms with E-state index in [2.05, 4.69) is 5.32 Å². The van der Waals surface area contributed by atoms with Crippen LogP contribution in [0, 0.1) is 5.92 Å². The zero-order valence-electron chi connectivity index (χ0n) is 14.3. The maximum Gasteiger partial charge on any atom is 0.307 e. The number of piperidine rings is 1. The Bertz CT molecular complexity index is 773. The molecule has 8 nitrogen and oxygen atoms in total. The van der Waals surface area contributed by atoms with Crippen molar-refractivity contribution in [2.45, 2.75) is 36.6 Å². The number of carbonyl (C=O) groups is 2. The van der Waals surface area contributed by atoms with Crippen molar-refractivity contribution < 1.29 is 27.9 Å². The van der Waals surface area contributed by atoms with Gasteiger partial charge in [0.2, 0.25) is 10.0 Å². The van der Waals surface area contributed by atoms with E-state index in [1.807, 2.05) is 0 Å². The van der Waals surface area contributed by atoms with Gasteiger partial charge in [-0.3, -0.25) is 9.59 Å². The van der Waals surface area contributed by atoms with Gasteiger partial charge in [-0.2, -0.15) is 4.31 Å². The van der Waals surface area contributed by atoms with Crippen LogP contribution in [0.15, 0.2) is 29.2 Å². The number of carboxylic acids is 1. The minimum atomic E-state index is -3.75. The normalized spacial score (nSPS) is 21.2. The first-order chi connectivity index (χ1) is 12.4. The molecule has 0 spiro atoms. The van der Waals surface area contributed by atoms with Crippen molar-refractivity contribution in [3.63, 3.8) is 0 Å². The van der Waals surface area contributed by atoms with Gasteiger partial charge in [-0.05, 0) is 49.9 Å². The number of benzene rings is 1. The van der Waals surface area contributed by atoms with Crippen LogP contribution in [-0.4, -0.2) is 55.4 Å². The lowest BCUT2D eigenvalue weighted by Gasteiger charge is -2.29. The monoisotopic (exact) mass is 382 g/mol. The van der Waals surface area contributed by atoms with E-state index in [1.54, 1.807) is 0 Å². The second-order valence-electron chi connectivity index (χ2n) is 6.64. The summed E-state index contributed by atoms with van der Waals surface area (Å²) < 4.78 is 32.0. The van der Waals surface area contributed by atoms with E-state index in [0.717, 1.165) is 12.8 Å². The molecule has 1 unspecified atom stereocenters. The minimum absolute atomic E-state index is 0.0166. The van der Waals surface area contributed by atoms with Crippen molar-refractivity contribution in [3.8, 4) is 5.75 Å². The topological polar surface area (TPSA) is 113 Å². The lowest BCUT2D eigenvalue weighted by molar-refractivity contribution is -0.142. The molecule has 142 valence electrons. The van der Waals surface area contributed by atoms with Crippen LogP contribution < -0.4 is 10.1 Å². The number of rotatable bonds is 7. The number of hydrogen-bond donors (Lipinski definition) is 2. The molecule has 1 heterocycles. The van der Waals surface area contributed by atoms with Crippen LogP contribution in [0.2, 0.25) is 0 Å². The molecule has 1 saturated heterocycles. The van der Waals surface area contributed by atoms with Gasteiger partial charge in [-0.15, -0.1) is 0 Å². The van der Waals surface area contributed by atoms with E-state index < -0.39 is 21.9 Å². The highest BCUT2D eigenvalue weighted by molar-refractivity contribution is 7.89. The molecule has 9 heteroatoms. The van der Waals surface area contributed by atoms with Crippen LogP contribution in [0.25, 0.3) is 0 Å². The summed E-state index contributed by atoms with van der Waals surface area (Å²) in [5.41, 5.74) is 0. The summed E-state index contributed by atoms with van der Waals surface area (Å²) in [4.78, 5) is 22.8. The average Bonchev–Trinajstić information content (AvgIpc) is 3.44. The quantitative estimate of drug-likeness (QED) is 0.722. The molecule has 2 fully saturated rings. The number of nitrogens with zero attached hydrogens (tertiary/aromatic N) is 1. The van der Waals surface area contributed by atoms with Gasteiger partial charge in [0.15, 0.2) is 6.61 Å². The van der Waals surface area contributed by atoms with Crippen molar-refractivity contribution >= 4 is 21.9 Å². The molecule has 0 radical (unpaired) electrons. The van der Waals surface area contributed by atoms with Crippen LogP contribution in [0.4, 0.5) is 0 Å². The second-order valence-corrected chi connectivity index (χ2v) is 8.58. The SMILES string of the molecule is O=C(COc1ccc(S(=O)(=O)N2CCCC(C(=O)O)C2)cc1)NC1CC1. The van der Waals surface area contributed by atoms with Crippen molar-refractivity contribution in [2.75, 3.05) is 19.7 Å². The molecule has 1 amide bonds. The number of hydrogen-bond acceptors (Lipinski definition) is 5. The fourth-order valence-electron chi connectivity index (χ4n) is 2.87. The first-order valence-electron chi connectivity index (χ1n) is 8.61. The third kappa shape index (κ3) is 4.53. The van der Waals surface area contributed by atoms with Crippen LogP contribution >= 0.6 is 0 Å². The fraction of sp³-hybridized carbons (Fsp3) is 0.529. The second kappa shape index (κ2) is 7.63. The van der Waals surface area contributed by atoms with Crippen molar-refractivity contribution in [1.29, 1.82) is 0 Å². The smallest absolute Gasteiger partial charge is 0.307 e. The van der Waals surface area contributed by atoms with Gasteiger partial charge < -0.3 is 15.2 Å². The largest absolute Gasteiger partial charge is 0.484 e. The Morgan fingerprint density at radius 1 is 1.19 bits per heavy atom. The Hall–Kier alpha value is -2.13. The summed E-state index contributed by atoms with van der Waals surface area (Å²) in [6.45, 7) is 0.179. The highest BCUT2D eigenvalue weighted by Crippen LogP contribution is 2.25. The van der Waals surface area contributed by atoms with Gasteiger partial charge in [0.1, 0.15) is 5.75 Å². The zero-order chi connectivity index (χ0) is 18.7. The number of ether oxygens (including phenoxy) is 1. The first-order valence-corrected chi connectivity index (χ1v) is 10.1. The Labute approximate surface area is 152 Å². The molecule has 1 saturated carbocycles. The fourth-order valence-corrected chi connectivity index (χ4v) is 4.39. The molecule has 3 rings (SSSR count). The van der Waals surface area contributed by atoms with Crippen molar-refractivity contribution in [1.82, 2.24) is 9.62 Å². The van der Waals surface area contributed by atoms with E-state index >= 15 is 0 Å². The Morgan fingerprint density at radius 3 is 2.50 bits per heavy atom. The summed E-state index contributed by atoms with van der Waals surface area (Å²) in [6, 6.07) is 6.07.